The Hall–Kier alpha value is -1.71. The van der Waals surface area contributed by atoms with Crippen molar-refractivity contribution in [2.24, 2.45) is 0 Å². The van der Waals surface area contributed by atoms with E-state index in [0.29, 0.717) is 0 Å². The topological polar surface area (TPSA) is 17.8 Å². The average Bonchev–Trinajstić information content (AvgIpc) is 2.48. The molecule has 4 heteroatoms. The fraction of sp³-hybridized carbons (Fsp3) is 0.100. The molecule has 0 saturated carbocycles. The van der Waals surface area contributed by atoms with E-state index in [1.165, 1.54) is 17.7 Å². The van der Waals surface area contributed by atoms with Crippen LogP contribution in [-0.2, 0) is 0 Å². The van der Waals surface area contributed by atoms with Crippen LogP contribution in [0.4, 0.5) is 8.78 Å². The Balaban J connectivity index is 2.55. The molecule has 2 nitrogen and oxygen atoms in total. The van der Waals surface area contributed by atoms with Crippen LogP contribution in [0.15, 0.2) is 30.5 Å². The molecular weight excluding hydrogens is 186 g/mol. The van der Waals surface area contributed by atoms with Gasteiger partial charge in [-0.15, -0.1) is 0 Å². The number of halogens is 2. The lowest BCUT2D eigenvalue weighted by Gasteiger charge is -2.00. The molecular formula is C10H8F2N2. The molecule has 72 valence electrons. The molecule has 1 aromatic carbocycles. The molecule has 0 aliphatic heterocycles. The molecule has 2 rings (SSSR count). The number of nitrogens with zero attached hydrogens (tertiary/aromatic N) is 2. The Morgan fingerprint density at radius 3 is 2.43 bits per heavy atom. The minimum Gasteiger partial charge on any atom is -0.235 e. The Kier molecular flexibility index (Phi) is 2.04. The van der Waals surface area contributed by atoms with Gasteiger partial charge in [-0.05, 0) is 19.1 Å². The molecule has 0 N–H and O–H groups in total. The van der Waals surface area contributed by atoms with Gasteiger partial charge in [0.05, 0.1) is 11.9 Å². The minimum atomic E-state index is -0.437. The Bertz CT molecular complexity index is 443. The number of benzene rings is 1. The van der Waals surface area contributed by atoms with Gasteiger partial charge >= 0.3 is 0 Å². The van der Waals surface area contributed by atoms with Crippen molar-refractivity contribution >= 4 is 0 Å². The lowest BCUT2D eigenvalue weighted by atomic mass is 10.3. The van der Waals surface area contributed by atoms with Gasteiger partial charge in [-0.3, -0.25) is 0 Å². The van der Waals surface area contributed by atoms with Crippen LogP contribution in [0.1, 0.15) is 5.69 Å². The molecule has 0 amide bonds. The molecule has 0 spiro atoms. The first-order chi connectivity index (χ1) is 6.68. The van der Waals surface area contributed by atoms with Crippen LogP contribution in [0.2, 0.25) is 0 Å². The number of aryl methyl sites for hydroxylation is 1. The number of rotatable bonds is 1. The van der Waals surface area contributed by atoms with Gasteiger partial charge in [-0.2, -0.15) is 5.10 Å². The number of para-hydroxylation sites is 1. The van der Waals surface area contributed by atoms with Gasteiger partial charge in [0.25, 0.3) is 0 Å². The summed E-state index contributed by atoms with van der Waals surface area (Å²) in [6.07, 6.45) is 1.16. The van der Waals surface area contributed by atoms with E-state index in [-0.39, 0.29) is 11.4 Å². The van der Waals surface area contributed by atoms with E-state index in [9.17, 15) is 8.78 Å². The lowest BCUT2D eigenvalue weighted by Crippen LogP contribution is -1.97. The summed E-state index contributed by atoms with van der Waals surface area (Å²) in [6, 6.07) is 6.10. The van der Waals surface area contributed by atoms with Crippen molar-refractivity contribution in [1.29, 1.82) is 0 Å². The van der Waals surface area contributed by atoms with Crippen molar-refractivity contribution in [2.75, 3.05) is 0 Å². The van der Waals surface area contributed by atoms with Crippen LogP contribution < -0.4 is 0 Å². The maximum Gasteiger partial charge on any atom is 0.164 e. The van der Waals surface area contributed by atoms with Crippen molar-refractivity contribution in [3.05, 3.63) is 47.8 Å². The fourth-order valence-electron chi connectivity index (χ4n) is 1.20. The zero-order valence-corrected chi connectivity index (χ0v) is 7.54. The summed E-state index contributed by atoms with van der Waals surface area (Å²) in [7, 11) is 0. The first-order valence-corrected chi connectivity index (χ1v) is 4.15. The van der Waals surface area contributed by atoms with Gasteiger partial charge < -0.3 is 0 Å². The monoisotopic (exact) mass is 194 g/mol. The van der Waals surface area contributed by atoms with E-state index >= 15 is 0 Å². The number of hydrogen-bond acceptors (Lipinski definition) is 1. The molecule has 1 heterocycles. The molecule has 0 unspecified atom stereocenters. The van der Waals surface area contributed by atoms with Gasteiger partial charge in [0.2, 0.25) is 0 Å². The molecule has 0 aliphatic rings. The van der Waals surface area contributed by atoms with Gasteiger partial charge in [0.1, 0.15) is 11.5 Å². The predicted octanol–water partition coefficient (Wildman–Crippen LogP) is 2.46. The lowest BCUT2D eigenvalue weighted by molar-refractivity contribution is 0.607. The van der Waals surface area contributed by atoms with E-state index in [0.717, 1.165) is 6.20 Å². The van der Waals surface area contributed by atoms with E-state index in [1.54, 1.807) is 18.2 Å². The largest absolute Gasteiger partial charge is 0.235 e. The SMILES string of the molecule is Cc1nn(-c2ccccc2F)cc1F. The van der Waals surface area contributed by atoms with E-state index in [4.69, 9.17) is 0 Å². The average molecular weight is 194 g/mol. The molecule has 0 saturated heterocycles. The van der Waals surface area contributed by atoms with Crippen molar-refractivity contribution < 1.29 is 8.78 Å². The number of aromatic nitrogens is 2. The smallest absolute Gasteiger partial charge is 0.164 e. The molecule has 0 radical (unpaired) electrons. The van der Waals surface area contributed by atoms with Gasteiger partial charge in [-0.1, -0.05) is 12.1 Å². The van der Waals surface area contributed by atoms with E-state index in [2.05, 4.69) is 5.10 Å². The maximum atomic E-state index is 13.2. The Labute approximate surface area is 79.8 Å². The molecule has 0 bridgehead atoms. The van der Waals surface area contributed by atoms with Crippen molar-refractivity contribution in [3.63, 3.8) is 0 Å². The van der Waals surface area contributed by atoms with Crippen LogP contribution in [0.3, 0.4) is 0 Å². The summed E-state index contributed by atoms with van der Waals surface area (Å²) in [5.41, 5.74) is 0.507. The van der Waals surface area contributed by atoms with Gasteiger partial charge in [0.15, 0.2) is 5.82 Å². The summed E-state index contributed by atoms with van der Waals surface area (Å²) in [5.74, 6) is -0.858. The molecule has 0 fully saturated rings. The third-order valence-corrected chi connectivity index (χ3v) is 1.94. The minimum absolute atomic E-state index is 0.250. The predicted molar refractivity (Wildman–Crippen MR) is 48.2 cm³/mol. The first-order valence-electron chi connectivity index (χ1n) is 4.15. The summed E-state index contributed by atoms with van der Waals surface area (Å²) in [6.45, 7) is 1.53. The Morgan fingerprint density at radius 1 is 1.14 bits per heavy atom. The molecule has 1 aromatic heterocycles. The third kappa shape index (κ3) is 1.39. The van der Waals surface area contributed by atoms with Crippen LogP contribution in [0, 0.1) is 18.6 Å². The normalized spacial score (nSPS) is 10.5. The second kappa shape index (κ2) is 3.21. The quantitative estimate of drug-likeness (QED) is 0.681. The molecule has 2 aromatic rings. The summed E-state index contributed by atoms with van der Waals surface area (Å²) in [4.78, 5) is 0. The van der Waals surface area contributed by atoms with Crippen LogP contribution in [0.5, 0.6) is 0 Å². The highest BCUT2D eigenvalue weighted by Gasteiger charge is 2.08. The molecule has 0 aliphatic carbocycles. The van der Waals surface area contributed by atoms with Gasteiger partial charge in [0, 0.05) is 0 Å². The van der Waals surface area contributed by atoms with E-state index in [1.807, 2.05) is 0 Å². The third-order valence-electron chi connectivity index (χ3n) is 1.94. The van der Waals surface area contributed by atoms with E-state index < -0.39 is 11.6 Å². The molecule has 0 atom stereocenters. The Morgan fingerprint density at radius 2 is 1.86 bits per heavy atom. The van der Waals surface area contributed by atoms with Gasteiger partial charge in [-0.25, -0.2) is 13.5 Å². The zero-order valence-electron chi connectivity index (χ0n) is 7.54. The molecule has 14 heavy (non-hydrogen) atoms. The van der Waals surface area contributed by atoms with Crippen molar-refractivity contribution in [3.8, 4) is 5.69 Å². The highest BCUT2D eigenvalue weighted by Crippen LogP contribution is 2.13. The summed E-state index contributed by atoms with van der Waals surface area (Å²) in [5, 5.41) is 3.84. The van der Waals surface area contributed by atoms with Crippen molar-refractivity contribution in [1.82, 2.24) is 9.78 Å². The highest BCUT2D eigenvalue weighted by molar-refractivity contribution is 5.32. The maximum absolute atomic E-state index is 13.2. The first kappa shape index (κ1) is 8.87. The van der Waals surface area contributed by atoms with Crippen molar-refractivity contribution in [2.45, 2.75) is 6.92 Å². The standard InChI is InChI=1S/C10H8F2N2/c1-7-9(12)6-14(13-7)10-5-3-2-4-8(10)11/h2-6H,1H3. The second-order valence-electron chi connectivity index (χ2n) is 2.96. The fourth-order valence-corrected chi connectivity index (χ4v) is 1.20. The number of hydrogen-bond donors (Lipinski definition) is 0. The second-order valence-corrected chi connectivity index (χ2v) is 2.96. The van der Waals surface area contributed by atoms with Crippen LogP contribution in [-0.4, -0.2) is 9.78 Å². The van der Waals surface area contributed by atoms with Crippen LogP contribution in [0.25, 0.3) is 5.69 Å². The summed E-state index contributed by atoms with van der Waals surface area (Å²) >= 11 is 0. The zero-order chi connectivity index (χ0) is 10.1. The summed E-state index contributed by atoms with van der Waals surface area (Å²) < 4.78 is 27.4. The van der Waals surface area contributed by atoms with Crippen LogP contribution >= 0.6 is 0 Å². The highest BCUT2D eigenvalue weighted by atomic mass is 19.1.